The lowest BCUT2D eigenvalue weighted by atomic mass is 10.1. The zero-order valence-corrected chi connectivity index (χ0v) is 13.9. The van der Waals surface area contributed by atoms with Crippen molar-refractivity contribution < 1.29 is 9.59 Å². The molecule has 0 unspecified atom stereocenters. The van der Waals surface area contributed by atoms with Gasteiger partial charge in [0.15, 0.2) is 4.87 Å². The summed E-state index contributed by atoms with van der Waals surface area (Å²) in [4.78, 5) is 30.6. The molecule has 0 N–H and O–H groups in total. The standard InChI is InChI=1S/C17H21N3O2S/c21-15-6-7-17(20(15)12-13-23-17)16(22)19-10-8-18(9-11-19)14-4-2-1-3-5-14/h1-5H,6-13H2/t17-/m1/s1. The number of thioether (sulfide) groups is 1. The van der Waals surface area contributed by atoms with Crippen LogP contribution in [0.25, 0.3) is 0 Å². The molecule has 0 aromatic heterocycles. The SMILES string of the molecule is O=C1CC[C@]2(C(=O)N3CCN(c4ccccc4)CC3)SCCN12. The van der Waals surface area contributed by atoms with Gasteiger partial charge in [-0.25, -0.2) is 0 Å². The van der Waals surface area contributed by atoms with Crippen LogP contribution in [0.1, 0.15) is 12.8 Å². The van der Waals surface area contributed by atoms with Crippen molar-refractivity contribution in [3.63, 3.8) is 0 Å². The summed E-state index contributed by atoms with van der Waals surface area (Å²) in [7, 11) is 0. The number of rotatable bonds is 2. The van der Waals surface area contributed by atoms with E-state index in [1.165, 1.54) is 5.69 Å². The number of hydrogen-bond acceptors (Lipinski definition) is 4. The maximum Gasteiger partial charge on any atom is 0.259 e. The molecule has 122 valence electrons. The van der Waals surface area contributed by atoms with Crippen LogP contribution in [-0.4, -0.2) is 65.0 Å². The fourth-order valence-corrected chi connectivity index (χ4v) is 5.31. The molecular weight excluding hydrogens is 310 g/mol. The topological polar surface area (TPSA) is 43.9 Å². The Hall–Kier alpha value is -1.69. The molecule has 1 aromatic rings. The number of anilines is 1. The Labute approximate surface area is 140 Å². The normalized spacial score (nSPS) is 27.5. The van der Waals surface area contributed by atoms with Crippen LogP contribution in [0.4, 0.5) is 5.69 Å². The highest BCUT2D eigenvalue weighted by molar-refractivity contribution is 8.01. The first-order chi connectivity index (χ1) is 11.2. The number of carbonyl (C=O) groups excluding carboxylic acids is 2. The van der Waals surface area contributed by atoms with Crippen molar-refractivity contribution >= 4 is 29.3 Å². The van der Waals surface area contributed by atoms with Gasteiger partial charge in [-0.1, -0.05) is 18.2 Å². The number of amides is 2. The summed E-state index contributed by atoms with van der Waals surface area (Å²) in [5.74, 6) is 1.17. The van der Waals surface area contributed by atoms with E-state index in [0.717, 1.165) is 38.5 Å². The summed E-state index contributed by atoms with van der Waals surface area (Å²) < 4.78 is 0. The number of piperazine rings is 1. The maximum atomic E-state index is 13.1. The molecule has 23 heavy (non-hydrogen) atoms. The maximum absolute atomic E-state index is 13.1. The highest BCUT2D eigenvalue weighted by Crippen LogP contribution is 2.46. The quantitative estimate of drug-likeness (QED) is 0.822. The fraction of sp³-hybridized carbons (Fsp3) is 0.529. The van der Waals surface area contributed by atoms with Crippen LogP contribution >= 0.6 is 11.8 Å². The summed E-state index contributed by atoms with van der Waals surface area (Å²) in [5.41, 5.74) is 1.21. The molecule has 2 amide bonds. The van der Waals surface area contributed by atoms with Crippen molar-refractivity contribution in [1.29, 1.82) is 0 Å². The zero-order chi connectivity index (χ0) is 15.9. The lowest BCUT2D eigenvalue weighted by molar-refractivity contribution is -0.142. The minimum atomic E-state index is -0.591. The molecule has 1 aromatic carbocycles. The van der Waals surface area contributed by atoms with E-state index in [4.69, 9.17) is 0 Å². The van der Waals surface area contributed by atoms with E-state index < -0.39 is 4.87 Å². The van der Waals surface area contributed by atoms with E-state index in [2.05, 4.69) is 17.0 Å². The third-order valence-electron chi connectivity index (χ3n) is 5.09. The van der Waals surface area contributed by atoms with E-state index >= 15 is 0 Å². The van der Waals surface area contributed by atoms with Crippen molar-refractivity contribution in [2.24, 2.45) is 0 Å². The van der Waals surface area contributed by atoms with E-state index in [9.17, 15) is 9.59 Å². The average molecular weight is 331 g/mol. The van der Waals surface area contributed by atoms with Crippen LogP contribution < -0.4 is 4.90 Å². The summed E-state index contributed by atoms with van der Waals surface area (Å²) in [6.45, 7) is 3.89. The molecule has 3 saturated heterocycles. The van der Waals surface area contributed by atoms with E-state index in [0.29, 0.717) is 12.8 Å². The van der Waals surface area contributed by atoms with Gasteiger partial charge in [-0.2, -0.15) is 0 Å². The van der Waals surface area contributed by atoms with Crippen molar-refractivity contribution in [3.8, 4) is 0 Å². The summed E-state index contributed by atoms with van der Waals surface area (Å²) in [6, 6.07) is 10.3. The van der Waals surface area contributed by atoms with Crippen LogP contribution in [0, 0.1) is 0 Å². The first-order valence-corrected chi connectivity index (χ1v) is 9.23. The molecule has 4 rings (SSSR count). The Morgan fingerprint density at radius 3 is 2.52 bits per heavy atom. The van der Waals surface area contributed by atoms with Crippen molar-refractivity contribution in [2.45, 2.75) is 17.7 Å². The van der Waals surface area contributed by atoms with Crippen LogP contribution in [-0.2, 0) is 9.59 Å². The number of fused-ring (bicyclic) bond motifs is 1. The average Bonchev–Trinajstić information content (AvgIpc) is 3.17. The highest BCUT2D eigenvalue weighted by Gasteiger charge is 2.56. The molecule has 3 heterocycles. The minimum Gasteiger partial charge on any atom is -0.368 e. The van der Waals surface area contributed by atoms with E-state index in [-0.39, 0.29) is 11.8 Å². The van der Waals surface area contributed by atoms with Gasteiger partial charge >= 0.3 is 0 Å². The Balaban J connectivity index is 1.44. The second kappa shape index (κ2) is 5.74. The van der Waals surface area contributed by atoms with Crippen molar-refractivity contribution in [3.05, 3.63) is 30.3 Å². The Kier molecular flexibility index (Phi) is 3.71. The number of benzene rings is 1. The predicted octanol–water partition coefficient (Wildman–Crippen LogP) is 1.40. The third kappa shape index (κ3) is 2.40. The second-order valence-corrected chi connectivity index (χ2v) is 7.67. The van der Waals surface area contributed by atoms with Gasteiger partial charge in [0.1, 0.15) is 0 Å². The molecule has 1 atom stereocenters. The van der Waals surface area contributed by atoms with Crippen LogP contribution in [0.15, 0.2) is 30.3 Å². The molecular formula is C17H21N3O2S. The van der Waals surface area contributed by atoms with Gasteiger partial charge in [0.25, 0.3) is 5.91 Å². The Bertz CT molecular complexity index is 616. The van der Waals surface area contributed by atoms with Crippen LogP contribution in [0.5, 0.6) is 0 Å². The number of para-hydroxylation sites is 1. The highest BCUT2D eigenvalue weighted by atomic mass is 32.2. The largest absolute Gasteiger partial charge is 0.368 e. The fourth-order valence-electron chi connectivity index (χ4n) is 3.85. The van der Waals surface area contributed by atoms with Gasteiger partial charge in [0.2, 0.25) is 5.91 Å². The van der Waals surface area contributed by atoms with Gasteiger partial charge in [0.05, 0.1) is 0 Å². The minimum absolute atomic E-state index is 0.145. The summed E-state index contributed by atoms with van der Waals surface area (Å²) in [6.07, 6.45) is 1.19. The molecule has 0 spiro atoms. The molecule has 5 nitrogen and oxygen atoms in total. The molecule has 3 fully saturated rings. The number of nitrogens with zero attached hydrogens (tertiary/aromatic N) is 3. The third-order valence-corrected chi connectivity index (χ3v) is 6.56. The van der Waals surface area contributed by atoms with Crippen LogP contribution in [0.3, 0.4) is 0 Å². The van der Waals surface area contributed by atoms with E-state index in [1.807, 2.05) is 28.0 Å². The van der Waals surface area contributed by atoms with Gasteiger partial charge in [-0.05, 0) is 18.6 Å². The van der Waals surface area contributed by atoms with Gasteiger partial charge in [-0.15, -0.1) is 11.8 Å². The number of hydrogen-bond donors (Lipinski definition) is 0. The molecule has 0 aliphatic carbocycles. The summed E-state index contributed by atoms with van der Waals surface area (Å²) >= 11 is 1.66. The monoisotopic (exact) mass is 331 g/mol. The van der Waals surface area contributed by atoms with Crippen LogP contribution in [0.2, 0.25) is 0 Å². The lowest BCUT2D eigenvalue weighted by Crippen LogP contribution is -2.57. The predicted molar refractivity (Wildman–Crippen MR) is 91.4 cm³/mol. The molecule has 6 heteroatoms. The van der Waals surface area contributed by atoms with Crippen molar-refractivity contribution in [2.75, 3.05) is 43.4 Å². The number of carbonyl (C=O) groups is 2. The summed E-state index contributed by atoms with van der Waals surface area (Å²) in [5, 5.41) is 0. The smallest absolute Gasteiger partial charge is 0.259 e. The zero-order valence-electron chi connectivity index (χ0n) is 13.1. The lowest BCUT2D eigenvalue weighted by Gasteiger charge is -2.40. The molecule has 3 aliphatic heterocycles. The molecule has 0 bridgehead atoms. The molecule has 3 aliphatic rings. The Morgan fingerprint density at radius 1 is 1.04 bits per heavy atom. The van der Waals surface area contributed by atoms with Gasteiger partial charge in [-0.3, -0.25) is 9.59 Å². The van der Waals surface area contributed by atoms with Gasteiger partial charge in [0, 0.05) is 50.6 Å². The molecule has 0 saturated carbocycles. The van der Waals surface area contributed by atoms with E-state index in [1.54, 1.807) is 11.8 Å². The van der Waals surface area contributed by atoms with Crippen molar-refractivity contribution in [1.82, 2.24) is 9.80 Å². The first-order valence-electron chi connectivity index (χ1n) is 8.24. The van der Waals surface area contributed by atoms with Gasteiger partial charge < -0.3 is 14.7 Å². The molecule has 0 radical (unpaired) electrons. The first kappa shape index (κ1) is 14.9. The second-order valence-electron chi connectivity index (χ2n) is 6.29. The Morgan fingerprint density at radius 2 is 1.78 bits per heavy atom.